The molecule has 0 aliphatic carbocycles. The summed E-state index contributed by atoms with van der Waals surface area (Å²) in [6, 6.07) is 13.2. The van der Waals surface area contributed by atoms with Gasteiger partial charge in [-0.3, -0.25) is 9.78 Å². The SMILES string of the molecule is O=C(c1ccc(Cn2cnnn2)cc1)N1C[C@@H](Cc2ccccn2)[C@H](O)C1. The van der Waals surface area contributed by atoms with Gasteiger partial charge in [-0.15, -0.1) is 5.10 Å². The Hall–Kier alpha value is -3.13. The molecule has 4 rings (SSSR count). The summed E-state index contributed by atoms with van der Waals surface area (Å²) in [5, 5.41) is 21.4. The van der Waals surface area contributed by atoms with Gasteiger partial charge in [-0.05, 0) is 46.7 Å². The van der Waals surface area contributed by atoms with Gasteiger partial charge in [-0.25, -0.2) is 4.68 Å². The van der Waals surface area contributed by atoms with Gasteiger partial charge in [-0.2, -0.15) is 0 Å². The summed E-state index contributed by atoms with van der Waals surface area (Å²) in [6.45, 7) is 1.43. The number of carbonyl (C=O) groups is 1. The van der Waals surface area contributed by atoms with Crippen LogP contribution in [-0.2, 0) is 13.0 Å². The molecule has 3 aromatic rings. The molecule has 1 aliphatic heterocycles. The molecule has 3 heterocycles. The summed E-state index contributed by atoms with van der Waals surface area (Å²) in [5.41, 5.74) is 2.55. The fourth-order valence-corrected chi connectivity index (χ4v) is 3.38. The number of hydrogen-bond donors (Lipinski definition) is 1. The lowest BCUT2D eigenvalue weighted by Gasteiger charge is -2.16. The third-order valence-electron chi connectivity index (χ3n) is 4.83. The Kier molecular flexibility index (Phi) is 4.88. The van der Waals surface area contributed by atoms with Gasteiger partial charge in [0.2, 0.25) is 0 Å². The monoisotopic (exact) mass is 364 g/mol. The topological polar surface area (TPSA) is 97.0 Å². The van der Waals surface area contributed by atoms with Crippen molar-refractivity contribution in [2.24, 2.45) is 5.92 Å². The minimum absolute atomic E-state index is 0.00272. The zero-order valence-electron chi connectivity index (χ0n) is 14.7. The zero-order chi connectivity index (χ0) is 18.6. The first kappa shape index (κ1) is 17.3. The van der Waals surface area contributed by atoms with Gasteiger partial charge in [0, 0.05) is 36.5 Å². The molecule has 2 aromatic heterocycles. The molecule has 1 saturated heterocycles. The van der Waals surface area contributed by atoms with Crippen molar-refractivity contribution in [1.29, 1.82) is 0 Å². The lowest BCUT2D eigenvalue weighted by molar-refractivity contribution is 0.0764. The van der Waals surface area contributed by atoms with Crippen molar-refractivity contribution in [2.75, 3.05) is 13.1 Å². The van der Waals surface area contributed by atoms with Crippen LogP contribution in [0.1, 0.15) is 21.6 Å². The standard InChI is InChI=1S/C19H20N6O2/c26-18-12-24(11-16(18)9-17-3-1-2-8-20-17)19(27)15-6-4-14(5-7-15)10-25-13-21-22-23-25/h1-8,13,16,18,26H,9-12H2/t16-,18-/m1/s1. The Morgan fingerprint density at radius 2 is 2.00 bits per heavy atom. The van der Waals surface area contributed by atoms with E-state index in [1.54, 1.807) is 34.2 Å². The van der Waals surface area contributed by atoms with E-state index >= 15 is 0 Å². The molecule has 27 heavy (non-hydrogen) atoms. The maximum absolute atomic E-state index is 12.8. The van der Waals surface area contributed by atoms with E-state index in [4.69, 9.17) is 0 Å². The van der Waals surface area contributed by atoms with E-state index in [1.165, 1.54) is 0 Å². The van der Waals surface area contributed by atoms with Crippen molar-refractivity contribution < 1.29 is 9.90 Å². The molecule has 8 heteroatoms. The molecule has 2 atom stereocenters. The van der Waals surface area contributed by atoms with Crippen LogP contribution in [0.2, 0.25) is 0 Å². The molecule has 1 aliphatic rings. The minimum Gasteiger partial charge on any atom is -0.391 e. The van der Waals surface area contributed by atoms with E-state index in [0.29, 0.717) is 31.6 Å². The molecule has 1 fully saturated rings. The number of pyridine rings is 1. The van der Waals surface area contributed by atoms with Gasteiger partial charge in [-0.1, -0.05) is 18.2 Å². The summed E-state index contributed by atoms with van der Waals surface area (Å²) >= 11 is 0. The maximum atomic E-state index is 12.8. The van der Waals surface area contributed by atoms with Gasteiger partial charge in [0.15, 0.2) is 0 Å². The van der Waals surface area contributed by atoms with E-state index in [2.05, 4.69) is 20.5 Å². The zero-order valence-corrected chi connectivity index (χ0v) is 14.7. The van der Waals surface area contributed by atoms with E-state index < -0.39 is 6.10 Å². The van der Waals surface area contributed by atoms with Crippen LogP contribution in [0.25, 0.3) is 0 Å². The van der Waals surface area contributed by atoms with Crippen molar-refractivity contribution in [3.05, 3.63) is 71.8 Å². The number of tetrazole rings is 1. The number of aliphatic hydroxyl groups excluding tert-OH is 1. The van der Waals surface area contributed by atoms with Gasteiger partial charge in [0.25, 0.3) is 5.91 Å². The number of amides is 1. The number of benzene rings is 1. The normalized spacial score (nSPS) is 19.4. The van der Waals surface area contributed by atoms with Gasteiger partial charge >= 0.3 is 0 Å². The first-order valence-corrected chi connectivity index (χ1v) is 8.86. The molecular formula is C19H20N6O2. The summed E-state index contributed by atoms with van der Waals surface area (Å²) in [5.74, 6) is -0.0607. The lowest BCUT2D eigenvalue weighted by atomic mass is 10.00. The fraction of sp³-hybridized carbons (Fsp3) is 0.316. The highest BCUT2D eigenvalue weighted by molar-refractivity contribution is 5.94. The van der Waals surface area contributed by atoms with Crippen molar-refractivity contribution in [2.45, 2.75) is 19.1 Å². The predicted molar refractivity (Wildman–Crippen MR) is 96.7 cm³/mol. The molecule has 0 radical (unpaired) electrons. The number of nitrogens with zero attached hydrogens (tertiary/aromatic N) is 6. The van der Waals surface area contributed by atoms with Crippen LogP contribution in [0.5, 0.6) is 0 Å². The second kappa shape index (κ2) is 7.63. The molecule has 138 valence electrons. The molecule has 8 nitrogen and oxygen atoms in total. The van der Waals surface area contributed by atoms with Crippen LogP contribution in [0.3, 0.4) is 0 Å². The second-order valence-electron chi connectivity index (χ2n) is 6.77. The van der Waals surface area contributed by atoms with Gasteiger partial charge in [0.05, 0.1) is 12.6 Å². The highest BCUT2D eigenvalue weighted by atomic mass is 16.3. The summed E-state index contributed by atoms with van der Waals surface area (Å²) in [4.78, 5) is 18.8. The molecule has 1 N–H and O–H groups in total. The van der Waals surface area contributed by atoms with Crippen LogP contribution < -0.4 is 0 Å². The van der Waals surface area contributed by atoms with Crippen LogP contribution in [0, 0.1) is 5.92 Å². The first-order valence-electron chi connectivity index (χ1n) is 8.86. The van der Waals surface area contributed by atoms with E-state index in [-0.39, 0.29) is 11.8 Å². The number of carbonyl (C=O) groups excluding carboxylic acids is 1. The minimum atomic E-state index is -0.532. The predicted octanol–water partition coefficient (Wildman–Crippen LogP) is 0.792. The number of β-amino-alcohol motifs (C(OH)–C–C–N with tert-alkyl or cyclic N) is 1. The van der Waals surface area contributed by atoms with Crippen molar-refractivity contribution >= 4 is 5.91 Å². The molecule has 0 bridgehead atoms. The van der Waals surface area contributed by atoms with Gasteiger partial charge < -0.3 is 10.0 Å². The fourth-order valence-electron chi connectivity index (χ4n) is 3.38. The number of aliphatic hydroxyl groups is 1. The summed E-state index contributed by atoms with van der Waals surface area (Å²) in [6.07, 6.45) is 3.43. The van der Waals surface area contributed by atoms with Crippen LogP contribution in [-0.4, -0.2) is 60.3 Å². The first-order chi connectivity index (χ1) is 13.2. The Morgan fingerprint density at radius 1 is 1.15 bits per heavy atom. The third-order valence-corrected chi connectivity index (χ3v) is 4.83. The Labute approximate surface area is 156 Å². The molecule has 1 amide bonds. The molecule has 0 spiro atoms. The average molecular weight is 364 g/mol. The average Bonchev–Trinajstić information content (AvgIpc) is 3.33. The van der Waals surface area contributed by atoms with Crippen LogP contribution in [0.15, 0.2) is 55.0 Å². The second-order valence-corrected chi connectivity index (χ2v) is 6.77. The van der Waals surface area contributed by atoms with E-state index in [0.717, 1.165) is 11.3 Å². The maximum Gasteiger partial charge on any atom is 0.253 e. The summed E-state index contributed by atoms with van der Waals surface area (Å²) < 4.78 is 1.62. The summed E-state index contributed by atoms with van der Waals surface area (Å²) in [7, 11) is 0. The van der Waals surface area contributed by atoms with Gasteiger partial charge in [0.1, 0.15) is 6.33 Å². The molecule has 0 unspecified atom stereocenters. The largest absolute Gasteiger partial charge is 0.391 e. The van der Waals surface area contributed by atoms with Crippen LogP contribution in [0.4, 0.5) is 0 Å². The quantitative estimate of drug-likeness (QED) is 0.719. The molecule has 1 aromatic carbocycles. The van der Waals surface area contributed by atoms with Crippen molar-refractivity contribution in [3.8, 4) is 0 Å². The Balaban J connectivity index is 1.39. The lowest BCUT2D eigenvalue weighted by Crippen LogP contribution is -2.29. The number of hydrogen-bond acceptors (Lipinski definition) is 6. The molecular weight excluding hydrogens is 344 g/mol. The number of aromatic nitrogens is 5. The Morgan fingerprint density at radius 3 is 2.70 bits per heavy atom. The smallest absolute Gasteiger partial charge is 0.253 e. The van der Waals surface area contributed by atoms with Crippen LogP contribution >= 0.6 is 0 Å². The molecule has 0 saturated carbocycles. The Bertz CT molecular complexity index is 882. The van der Waals surface area contributed by atoms with E-state index in [9.17, 15) is 9.90 Å². The highest BCUT2D eigenvalue weighted by Crippen LogP contribution is 2.22. The van der Waals surface area contributed by atoms with Crippen molar-refractivity contribution in [3.63, 3.8) is 0 Å². The number of rotatable bonds is 5. The van der Waals surface area contributed by atoms with E-state index in [1.807, 2.05) is 30.3 Å². The number of likely N-dealkylation sites (tertiary alicyclic amines) is 1. The third kappa shape index (κ3) is 4.01. The highest BCUT2D eigenvalue weighted by Gasteiger charge is 2.34. The van der Waals surface area contributed by atoms with Crippen molar-refractivity contribution in [1.82, 2.24) is 30.1 Å².